The van der Waals surface area contributed by atoms with Gasteiger partial charge in [-0.2, -0.15) is 0 Å². The summed E-state index contributed by atoms with van der Waals surface area (Å²) in [6.07, 6.45) is 10.4. The van der Waals surface area contributed by atoms with Crippen LogP contribution in [0.25, 0.3) is 0 Å². The third-order valence-electron chi connectivity index (χ3n) is 14.0. The Labute approximate surface area is 206 Å². The smallest absolute Gasteiger partial charge is 0.309 e. The third kappa shape index (κ3) is 2.81. The van der Waals surface area contributed by atoms with Crippen LogP contribution in [0, 0.1) is 56.2 Å². The van der Waals surface area contributed by atoms with Crippen LogP contribution in [-0.4, -0.2) is 28.6 Å². The number of carbonyl (C=O) groups excluding carboxylic acids is 1. The van der Waals surface area contributed by atoms with Crippen LogP contribution in [0.5, 0.6) is 0 Å². The molecule has 0 aromatic rings. The normalized spacial score (nSPS) is 57.1. The van der Waals surface area contributed by atoms with Crippen molar-refractivity contribution in [3.05, 3.63) is 0 Å². The zero-order valence-electron chi connectivity index (χ0n) is 22.5. The maximum Gasteiger partial charge on any atom is 0.309 e. The highest BCUT2D eigenvalue weighted by atomic mass is 16.4. The van der Waals surface area contributed by atoms with Crippen molar-refractivity contribution < 1.29 is 19.8 Å². The van der Waals surface area contributed by atoms with E-state index in [1.54, 1.807) is 0 Å². The molecule has 10 atom stereocenters. The van der Waals surface area contributed by atoms with Gasteiger partial charge in [-0.15, -0.1) is 0 Å². The fourth-order valence-corrected chi connectivity index (χ4v) is 11.3. The monoisotopic (exact) mass is 472 g/mol. The number of aliphatic carboxylic acids is 1. The molecule has 0 unspecified atom stereocenters. The van der Waals surface area contributed by atoms with E-state index < -0.39 is 11.4 Å². The summed E-state index contributed by atoms with van der Waals surface area (Å²) in [4.78, 5) is 25.6. The second-order valence-electron chi connectivity index (χ2n) is 14.9. The Morgan fingerprint density at radius 1 is 0.824 bits per heavy atom. The molecule has 0 aromatic heterocycles. The Kier molecular flexibility index (Phi) is 5.34. The third-order valence-corrected chi connectivity index (χ3v) is 14.0. The number of hydrogen-bond acceptors (Lipinski definition) is 3. The topological polar surface area (TPSA) is 74.6 Å². The minimum Gasteiger partial charge on any atom is -0.481 e. The maximum atomic E-state index is 12.9. The Bertz CT molecular complexity index is 898. The molecule has 5 fully saturated rings. The van der Waals surface area contributed by atoms with Crippen molar-refractivity contribution >= 4 is 11.8 Å². The van der Waals surface area contributed by atoms with E-state index in [4.69, 9.17) is 0 Å². The number of carboxylic acids is 1. The first-order chi connectivity index (χ1) is 15.7. The van der Waals surface area contributed by atoms with Crippen LogP contribution in [0.15, 0.2) is 0 Å². The molecule has 5 aliphatic carbocycles. The van der Waals surface area contributed by atoms with E-state index in [-0.39, 0.29) is 45.5 Å². The van der Waals surface area contributed by atoms with E-state index in [0.717, 1.165) is 64.2 Å². The van der Waals surface area contributed by atoms with Crippen LogP contribution in [0.3, 0.4) is 0 Å². The molecular formula is C30H48O4. The van der Waals surface area contributed by atoms with Gasteiger partial charge in [0.2, 0.25) is 0 Å². The second-order valence-corrected chi connectivity index (χ2v) is 14.9. The van der Waals surface area contributed by atoms with Crippen molar-refractivity contribution in [2.24, 2.45) is 56.2 Å². The van der Waals surface area contributed by atoms with Crippen molar-refractivity contribution in [2.45, 2.75) is 112 Å². The molecule has 0 aliphatic heterocycles. The van der Waals surface area contributed by atoms with Gasteiger partial charge < -0.3 is 10.2 Å². The van der Waals surface area contributed by atoms with E-state index in [0.29, 0.717) is 24.0 Å². The first kappa shape index (κ1) is 24.8. The zero-order chi connectivity index (χ0) is 24.9. The maximum absolute atomic E-state index is 12.9. The number of carboxylic acid groups (broad SMARTS) is 1. The molecular weight excluding hydrogens is 424 g/mol. The standard InChI is InChI=1S/C30H48O4/c1-19-20(32)7-8-21-26(19,3)10-9-22-27(21,4)12-13-29(6)23-17-25(2,18-31)11-15-30(23,24(33)34)16-14-28(22,29)5/h19,21-23,31H,7-18H2,1-6H3,(H,33,34)/t19-,21+,22-,23-,25-,26+,27-,28+,29-,30-/m0/s1. The van der Waals surface area contributed by atoms with Crippen molar-refractivity contribution in [3.63, 3.8) is 0 Å². The number of aliphatic hydroxyl groups is 1. The number of rotatable bonds is 2. The van der Waals surface area contributed by atoms with E-state index >= 15 is 0 Å². The Morgan fingerprint density at radius 2 is 1.44 bits per heavy atom. The van der Waals surface area contributed by atoms with Gasteiger partial charge in [0, 0.05) is 18.9 Å². The van der Waals surface area contributed by atoms with Crippen LogP contribution in [0.2, 0.25) is 0 Å². The van der Waals surface area contributed by atoms with Gasteiger partial charge in [0.1, 0.15) is 5.78 Å². The van der Waals surface area contributed by atoms with Crippen LogP contribution in [0.4, 0.5) is 0 Å². The molecule has 0 saturated heterocycles. The van der Waals surface area contributed by atoms with E-state index in [2.05, 4.69) is 41.5 Å². The van der Waals surface area contributed by atoms with Gasteiger partial charge >= 0.3 is 5.97 Å². The summed E-state index contributed by atoms with van der Waals surface area (Å²) in [5.41, 5.74) is -0.418. The van der Waals surface area contributed by atoms with E-state index in [1.165, 1.54) is 0 Å². The van der Waals surface area contributed by atoms with Gasteiger partial charge in [-0.3, -0.25) is 9.59 Å². The van der Waals surface area contributed by atoms with Crippen LogP contribution >= 0.6 is 0 Å². The molecule has 0 bridgehead atoms. The lowest BCUT2D eigenvalue weighted by Crippen LogP contribution is -2.69. The molecule has 5 saturated carbocycles. The summed E-state index contributed by atoms with van der Waals surface area (Å²) in [5.74, 6) is 1.29. The SMILES string of the molecule is C[C@H]1C(=O)CC[C@@H]2[C@]1(C)CC[C@H]1[C@@]2(C)CC[C@@]2(C)[C@@H]3C[C@@](C)(CO)CC[C@]3(C(=O)O)CC[C@]12C. The Morgan fingerprint density at radius 3 is 2.09 bits per heavy atom. The quantitative estimate of drug-likeness (QED) is 0.481. The number of carbonyl (C=O) groups is 2. The summed E-state index contributed by atoms with van der Waals surface area (Å²) in [7, 11) is 0. The molecule has 5 rings (SSSR count). The van der Waals surface area contributed by atoms with Gasteiger partial charge in [0.25, 0.3) is 0 Å². The second kappa shape index (κ2) is 7.33. The molecule has 0 aromatic carbocycles. The van der Waals surface area contributed by atoms with Crippen LogP contribution in [-0.2, 0) is 9.59 Å². The first-order valence-electron chi connectivity index (χ1n) is 14.1. The Hall–Kier alpha value is -0.900. The largest absolute Gasteiger partial charge is 0.481 e. The number of Topliss-reactive ketones (excluding diaryl/α,β-unsaturated/α-hetero) is 1. The minimum absolute atomic E-state index is 0.0332. The lowest BCUT2D eigenvalue weighted by atomic mass is 9.30. The van der Waals surface area contributed by atoms with Gasteiger partial charge in [0.15, 0.2) is 0 Å². The fourth-order valence-electron chi connectivity index (χ4n) is 11.3. The number of ketones is 1. The summed E-state index contributed by atoms with van der Waals surface area (Å²) in [6.45, 7) is 14.4. The highest BCUT2D eigenvalue weighted by Crippen LogP contribution is 2.78. The number of hydrogen-bond donors (Lipinski definition) is 2. The number of aliphatic hydroxyl groups excluding tert-OH is 1. The average Bonchev–Trinajstić information content (AvgIpc) is 2.78. The van der Waals surface area contributed by atoms with Crippen LogP contribution < -0.4 is 0 Å². The molecule has 0 amide bonds. The van der Waals surface area contributed by atoms with E-state index in [9.17, 15) is 19.8 Å². The molecule has 2 N–H and O–H groups in total. The predicted octanol–water partition coefficient (Wildman–Crippen LogP) is 6.49. The lowest BCUT2D eigenvalue weighted by Gasteiger charge is -2.74. The van der Waals surface area contributed by atoms with Crippen molar-refractivity contribution in [1.29, 1.82) is 0 Å². The summed E-state index contributed by atoms with van der Waals surface area (Å²) in [5, 5.41) is 20.9. The van der Waals surface area contributed by atoms with Crippen molar-refractivity contribution in [2.75, 3.05) is 6.61 Å². The zero-order valence-corrected chi connectivity index (χ0v) is 22.5. The van der Waals surface area contributed by atoms with Crippen molar-refractivity contribution in [1.82, 2.24) is 0 Å². The summed E-state index contributed by atoms with van der Waals surface area (Å²) >= 11 is 0. The summed E-state index contributed by atoms with van der Waals surface area (Å²) < 4.78 is 0. The highest BCUT2D eigenvalue weighted by Gasteiger charge is 2.72. The molecule has 5 aliphatic rings. The summed E-state index contributed by atoms with van der Waals surface area (Å²) in [6, 6.07) is 0. The van der Waals surface area contributed by atoms with Crippen molar-refractivity contribution in [3.8, 4) is 0 Å². The molecule has 4 heteroatoms. The molecule has 34 heavy (non-hydrogen) atoms. The van der Waals surface area contributed by atoms with E-state index in [1.807, 2.05) is 0 Å². The van der Waals surface area contributed by atoms with Gasteiger partial charge in [-0.05, 0) is 109 Å². The molecule has 0 heterocycles. The van der Waals surface area contributed by atoms with Gasteiger partial charge in [-0.1, -0.05) is 41.5 Å². The fraction of sp³-hybridized carbons (Fsp3) is 0.933. The van der Waals surface area contributed by atoms with Gasteiger partial charge in [-0.25, -0.2) is 0 Å². The predicted molar refractivity (Wildman–Crippen MR) is 133 cm³/mol. The Balaban J connectivity index is 1.57. The molecule has 4 nitrogen and oxygen atoms in total. The molecule has 192 valence electrons. The average molecular weight is 473 g/mol. The molecule has 0 radical (unpaired) electrons. The minimum atomic E-state index is -0.633. The highest BCUT2D eigenvalue weighted by molar-refractivity contribution is 5.82. The van der Waals surface area contributed by atoms with Crippen LogP contribution in [0.1, 0.15) is 112 Å². The number of fused-ring (bicyclic) bond motifs is 7. The molecule has 0 spiro atoms. The first-order valence-corrected chi connectivity index (χ1v) is 14.1. The lowest BCUT2D eigenvalue weighted by molar-refractivity contribution is -0.260. The van der Waals surface area contributed by atoms with Gasteiger partial charge in [0.05, 0.1) is 5.41 Å².